The van der Waals surface area contributed by atoms with Crippen molar-refractivity contribution in [2.24, 2.45) is 0 Å². The van der Waals surface area contributed by atoms with Gasteiger partial charge in [0.2, 0.25) is 0 Å². The van der Waals surface area contributed by atoms with E-state index in [0.717, 1.165) is 5.69 Å². The second kappa shape index (κ2) is 8.22. The van der Waals surface area contributed by atoms with Gasteiger partial charge >= 0.3 is 6.09 Å². The van der Waals surface area contributed by atoms with Crippen LogP contribution in [0.25, 0.3) is 16.7 Å². The molecule has 0 spiro atoms. The Morgan fingerprint density at radius 3 is 2.50 bits per heavy atom. The Hall–Kier alpha value is -2.91. The van der Waals surface area contributed by atoms with E-state index in [-0.39, 0.29) is 12.1 Å². The number of likely N-dealkylation sites (tertiary alicyclic amines) is 1. The van der Waals surface area contributed by atoms with Crippen molar-refractivity contribution in [3.63, 3.8) is 0 Å². The zero-order valence-corrected chi connectivity index (χ0v) is 19.0. The van der Waals surface area contributed by atoms with Crippen LogP contribution < -0.4 is 5.56 Å². The van der Waals surface area contributed by atoms with E-state index in [1.54, 1.807) is 33.8 Å². The number of amides is 1. The van der Waals surface area contributed by atoms with E-state index >= 15 is 0 Å². The number of carbonyl (C=O) groups is 1. The average Bonchev–Trinajstić information content (AvgIpc) is 3.15. The van der Waals surface area contributed by atoms with Gasteiger partial charge in [0.25, 0.3) is 5.56 Å². The van der Waals surface area contributed by atoms with Gasteiger partial charge in [-0.1, -0.05) is 11.6 Å². The van der Waals surface area contributed by atoms with Crippen LogP contribution in [0.4, 0.5) is 4.79 Å². The van der Waals surface area contributed by atoms with Gasteiger partial charge in [-0.2, -0.15) is 5.10 Å². The van der Waals surface area contributed by atoms with Gasteiger partial charge in [-0.25, -0.2) is 14.5 Å². The predicted octanol–water partition coefficient (Wildman–Crippen LogP) is 3.00. The highest BCUT2D eigenvalue weighted by Gasteiger charge is 2.36. The Bertz CT molecular complexity index is 1190. The number of rotatable bonds is 3. The summed E-state index contributed by atoms with van der Waals surface area (Å²) < 4.78 is 8.38. The summed E-state index contributed by atoms with van der Waals surface area (Å²) in [5.74, 6) is 0. The topological polar surface area (TPSA) is 102 Å². The first-order chi connectivity index (χ1) is 15.0. The molecule has 0 bridgehead atoms. The number of hydrogen-bond acceptors (Lipinski definition) is 6. The van der Waals surface area contributed by atoms with Gasteiger partial charge < -0.3 is 14.7 Å². The number of aromatic nitrogens is 4. The van der Waals surface area contributed by atoms with Crippen LogP contribution in [0.3, 0.4) is 0 Å². The van der Waals surface area contributed by atoms with Crippen LogP contribution in [0, 0.1) is 0 Å². The highest BCUT2D eigenvalue weighted by molar-refractivity contribution is 6.30. The fourth-order valence-electron chi connectivity index (χ4n) is 3.74. The standard InChI is InChI=1S/C22H26ClN5O4/c1-21(2,3)32-20(30)26-10-8-22(31,9-11-26)13-27-14-24-18-17(19(27)29)12-25-28(18)16-6-4-15(23)5-7-16/h4-7,12,14,31H,8-11,13H2,1-3H3. The second-order valence-electron chi connectivity index (χ2n) is 9.14. The minimum absolute atomic E-state index is 0.0864. The van der Waals surface area contributed by atoms with Gasteiger partial charge in [0.1, 0.15) is 17.3 Å². The highest BCUT2D eigenvalue weighted by Crippen LogP contribution is 2.25. The monoisotopic (exact) mass is 459 g/mol. The van der Waals surface area contributed by atoms with Crippen LogP contribution in [0.2, 0.25) is 5.02 Å². The molecule has 170 valence electrons. The van der Waals surface area contributed by atoms with Gasteiger partial charge in [0, 0.05) is 18.1 Å². The molecule has 10 heteroatoms. The van der Waals surface area contributed by atoms with Gasteiger partial charge in [-0.15, -0.1) is 0 Å². The number of nitrogens with zero attached hydrogens (tertiary/aromatic N) is 5. The lowest BCUT2D eigenvalue weighted by Crippen LogP contribution is -2.50. The van der Waals surface area contributed by atoms with Gasteiger partial charge in [-0.05, 0) is 57.9 Å². The largest absolute Gasteiger partial charge is 0.444 e. The Morgan fingerprint density at radius 1 is 1.22 bits per heavy atom. The lowest BCUT2D eigenvalue weighted by Gasteiger charge is -2.38. The molecule has 1 amide bonds. The van der Waals surface area contributed by atoms with Crippen molar-refractivity contribution >= 4 is 28.7 Å². The zero-order valence-electron chi connectivity index (χ0n) is 18.3. The highest BCUT2D eigenvalue weighted by atomic mass is 35.5. The van der Waals surface area contributed by atoms with E-state index in [1.807, 2.05) is 20.8 Å². The van der Waals surface area contributed by atoms with E-state index < -0.39 is 17.3 Å². The molecule has 4 rings (SSSR count). The van der Waals surface area contributed by atoms with E-state index in [9.17, 15) is 14.7 Å². The van der Waals surface area contributed by atoms with Crippen LogP contribution in [-0.4, -0.2) is 59.7 Å². The van der Waals surface area contributed by atoms with E-state index in [0.29, 0.717) is 42.0 Å². The molecule has 1 fully saturated rings. The van der Waals surface area contributed by atoms with Crippen molar-refractivity contribution in [2.75, 3.05) is 13.1 Å². The third-order valence-electron chi connectivity index (χ3n) is 5.44. The molecule has 1 aromatic carbocycles. The number of piperidine rings is 1. The Balaban J connectivity index is 1.50. The lowest BCUT2D eigenvalue weighted by molar-refractivity contribution is -0.0419. The van der Waals surface area contributed by atoms with Crippen LogP contribution in [0.1, 0.15) is 33.6 Å². The van der Waals surface area contributed by atoms with Crippen molar-refractivity contribution in [3.05, 3.63) is 52.2 Å². The van der Waals surface area contributed by atoms with E-state index in [2.05, 4.69) is 10.1 Å². The number of benzene rings is 1. The normalized spacial score (nSPS) is 16.3. The molecular weight excluding hydrogens is 434 g/mol. The first kappa shape index (κ1) is 22.3. The molecule has 3 aromatic rings. The Kier molecular flexibility index (Phi) is 5.72. The fraction of sp³-hybridized carbons (Fsp3) is 0.455. The molecule has 1 aliphatic heterocycles. The molecule has 3 heterocycles. The summed E-state index contributed by atoms with van der Waals surface area (Å²) >= 11 is 5.95. The minimum atomic E-state index is -1.12. The molecule has 0 unspecified atom stereocenters. The summed E-state index contributed by atoms with van der Waals surface area (Å²) in [7, 11) is 0. The van der Waals surface area contributed by atoms with Crippen molar-refractivity contribution in [2.45, 2.75) is 51.4 Å². The van der Waals surface area contributed by atoms with Gasteiger partial charge in [-0.3, -0.25) is 9.36 Å². The molecule has 1 saturated heterocycles. The third-order valence-corrected chi connectivity index (χ3v) is 5.69. The van der Waals surface area contributed by atoms with Crippen molar-refractivity contribution in [1.82, 2.24) is 24.2 Å². The smallest absolute Gasteiger partial charge is 0.410 e. The van der Waals surface area contributed by atoms with E-state index in [4.69, 9.17) is 16.3 Å². The minimum Gasteiger partial charge on any atom is -0.444 e. The molecular formula is C22H26ClN5O4. The Labute approximate surface area is 190 Å². The zero-order chi connectivity index (χ0) is 23.1. The first-order valence-electron chi connectivity index (χ1n) is 10.4. The quantitative estimate of drug-likeness (QED) is 0.646. The van der Waals surface area contributed by atoms with Gasteiger partial charge in [0.05, 0.1) is 24.0 Å². The van der Waals surface area contributed by atoms with Crippen LogP contribution >= 0.6 is 11.6 Å². The molecule has 1 N–H and O–H groups in total. The summed E-state index contributed by atoms with van der Waals surface area (Å²) in [4.78, 5) is 31.3. The number of ether oxygens (including phenoxy) is 1. The predicted molar refractivity (Wildman–Crippen MR) is 120 cm³/mol. The van der Waals surface area contributed by atoms with Crippen LogP contribution in [0.5, 0.6) is 0 Å². The number of aliphatic hydroxyl groups is 1. The summed E-state index contributed by atoms with van der Waals surface area (Å²) in [6.45, 7) is 6.24. The van der Waals surface area contributed by atoms with Gasteiger partial charge in [0.15, 0.2) is 5.65 Å². The lowest BCUT2D eigenvalue weighted by atomic mass is 9.91. The molecule has 0 radical (unpaired) electrons. The van der Waals surface area contributed by atoms with E-state index in [1.165, 1.54) is 17.1 Å². The molecule has 32 heavy (non-hydrogen) atoms. The molecule has 0 aliphatic carbocycles. The van der Waals surface area contributed by atoms with Crippen molar-refractivity contribution < 1.29 is 14.6 Å². The summed E-state index contributed by atoms with van der Waals surface area (Å²) in [6, 6.07) is 7.07. The third kappa shape index (κ3) is 4.63. The SMILES string of the molecule is CC(C)(C)OC(=O)N1CCC(O)(Cn2cnc3c(cnn3-c3ccc(Cl)cc3)c2=O)CC1. The van der Waals surface area contributed by atoms with Crippen LogP contribution in [0.15, 0.2) is 41.6 Å². The molecule has 2 aromatic heterocycles. The maximum atomic E-state index is 13.0. The first-order valence-corrected chi connectivity index (χ1v) is 10.8. The number of hydrogen-bond donors (Lipinski definition) is 1. The Morgan fingerprint density at radius 2 is 1.88 bits per heavy atom. The molecule has 0 saturated carbocycles. The average molecular weight is 460 g/mol. The molecule has 0 atom stereocenters. The van der Waals surface area contributed by atoms with Crippen molar-refractivity contribution in [3.8, 4) is 5.69 Å². The summed E-state index contributed by atoms with van der Waals surface area (Å²) in [6.07, 6.45) is 3.18. The maximum Gasteiger partial charge on any atom is 0.410 e. The number of fused-ring (bicyclic) bond motifs is 1. The fourth-order valence-corrected chi connectivity index (χ4v) is 3.87. The molecule has 1 aliphatic rings. The van der Waals surface area contributed by atoms with Crippen molar-refractivity contribution in [1.29, 1.82) is 0 Å². The second-order valence-corrected chi connectivity index (χ2v) is 9.58. The number of carbonyl (C=O) groups excluding carboxylic acids is 1. The molecule has 9 nitrogen and oxygen atoms in total. The van der Waals surface area contributed by atoms with Crippen LogP contribution in [-0.2, 0) is 11.3 Å². The summed E-state index contributed by atoms with van der Waals surface area (Å²) in [5.41, 5.74) is -0.805. The summed E-state index contributed by atoms with van der Waals surface area (Å²) in [5, 5.41) is 16.3. The number of halogens is 1. The maximum absolute atomic E-state index is 13.0.